The molecule has 0 bridgehead atoms. The van der Waals surface area contributed by atoms with Crippen LogP contribution >= 0.6 is 7.92 Å². The second-order valence-corrected chi connectivity index (χ2v) is 14.0. The van der Waals surface area contributed by atoms with Crippen molar-refractivity contribution >= 4 is 7.92 Å². The van der Waals surface area contributed by atoms with Gasteiger partial charge in [-0.15, -0.1) is 7.92 Å². The Bertz CT molecular complexity index is 469. The molecule has 0 fully saturated rings. The zero-order chi connectivity index (χ0) is 30.2. The molecule has 0 radical (unpaired) electrons. The summed E-state index contributed by atoms with van der Waals surface area (Å²) < 4.78 is 110. The molecular weight excluding hydrogens is 562 g/mol. The third-order valence-electron chi connectivity index (χ3n) is 7.30. The third-order valence-corrected chi connectivity index (χ3v) is 10.1. The zero-order valence-electron chi connectivity index (χ0n) is 24.4. The van der Waals surface area contributed by atoms with Crippen molar-refractivity contribution in [2.45, 2.75) is 173 Å². The van der Waals surface area contributed by atoms with Crippen LogP contribution in [-0.2, 0) is 0 Å². The van der Waals surface area contributed by atoms with Gasteiger partial charge in [-0.3, -0.25) is 0 Å². The van der Waals surface area contributed by atoms with Gasteiger partial charge in [-0.25, -0.2) is 0 Å². The van der Waals surface area contributed by atoms with E-state index in [0.717, 1.165) is 96.3 Å². The summed E-state index contributed by atoms with van der Waals surface area (Å²) in [5.41, 5.74) is 0. The number of halogens is 9. The highest BCUT2D eigenvalue weighted by Crippen LogP contribution is 2.39. The highest BCUT2D eigenvalue weighted by atomic mass is 31.1. The summed E-state index contributed by atoms with van der Waals surface area (Å²) in [6.07, 6.45) is 7.58. The molecule has 0 aliphatic carbocycles. The van der Waals surface area contributed by atoms with Gasteiger partial charge in [0.15, 0.2) is 0 Å². The van der Waals surface area contributed by atoms with Crippen molar-refractivity contribution in [3.8, 4) is 0 Å². The van der Waals surface area contributed by atoms with E-state index < -0.39 is 37.8 Å². The van der Waals surface area contributed by atoms with Crippen molar-refractivity contribution in [2.75, 3.05) is 18.5 Å². The lowest BCUT2D eigenvalue weighted by Gasteiger charge is -2.18. The lowest BCUT2D eigenvalue weighted by Crippen LogP contribution is -2.06. The van der Waals surface area contributed by atoms with Crippen molar-refractivity contribution < 1.29 is 39.5 Å². The molecule has 242 valence electrons. The first kappa shape index (κ1) is 39.8. The van der Waals surface area contributed by atoms with E-state index in [-0.39, 0.29) is 27.2 Å². The predicted molar refractivity (Wildman–Crippen MR) is 150 cm³/mol. The van der Waals surface area contributed by atoms with Crippen LogP contribution in [0.5, 0.6) is 0 Å². The van der Waals surface area contributed by atoms with E-state index in [9.17, 15) is 39.5 Å². The lowest BCUT2D eigenvalue weighted by atomic mass is 10.1. The molecule has 0 nitrogen and oxygen atoms in total. The molecule has 0 aliphatic heterocycles. The van der Waals surface area contributed by atoms with Crippen LogP contribution in [0.4, 0.5) is 39.5 Å². The van der Waals surface area contributed by atoms with Gasteiger partial charge in [-0.05, 0) is 57.0 Å². The number of rotatable bonds is 27. The van der Waals surface area contributed by atoms with E-state index >= 15 is 0 Å². The van der Waals surface area contributed by atoms with Gasteiger partial charge < -0.3 is 0 Å². The molecule has 0 aromatic heterocycles. The predicted octanol–water partition coefficient (Wildman–Crippen LogP) is 13.5. The van der Waals surface area contributed by atoms with E-state index in [1.54, 1.807) is 0 Å². The first-order valence-electron chi connectivity index (χ1n) is 15.7. The second-order valence-electron chi connectivity index (χ2n) is 11.4. The van der Waals surface area contributed by atoms with Crippen LogP contribution in [0.1, 0.15) is 154 Å². The van der Waals surface area contributed by atoms with Crippen molar-refractivity contribution in [3.63, 3.8) is 0 Å². The Balaban J connectivity index is 4.02. The van der Waals surface area contributed by atoms with Gasteiger partial charge >= 0.3 is 18.5 Å². The van der Waals surface area contributed by atoms with Gasteiger partial charge in [0.2, 0.25) is 0 Å². The average molecular weight is 617 g/mol. The Morgan fingerprint density at radius 1 is 0.250 bits per heavy atom. The zero-order valence-corrected chi connectivity index (χ0v) is 25.3. The Morgan fingerprint density at radius 2 is 0.425 bits per heavy atom. The topological polar surface area (TPSA) is 0 Å². The maximum Gasteiger partial charge on any atom is 0.389 e. The minimum Gasteiger partial charge on any atom is -0.171 e. The largest absolute Gasteiger partial charge is 0.389 e. The minimum atomic E-state index is -4.05. The maximum atomic E-state index is 12.2. The fourth-order valence-corrected chi connectivity index (χ4v) is 7.65. The van der Waals surface area contributed by atoms with Crippen molar-refractivity contribution in [1.82, 2.24) is 0 Å². The molecule has 0 unspecified atom stereocenters. The molecule has 0 aromatic rings. The van der Waals surface area contributed by atoms with E-state index in [4.69, 9.17) is 0 Å². The quantitative estimate of drug-likeness (QED) is 0.0489. The summed E-state index contributed by atoms with van der Waals surface area (Å²) in [6, 6.07) is 0. The van der Waals surface area contributed by atoms with Crippen molar-refractivity contribution in [1.29, 1.82) is 0 Å². The van der Waals surface area contributed by atoms with Crippen LogP contribution < -0.4 is 0 Å². The Labute approximate surface area is 238 Å². The van der Waals surface area contributed by atoms with Crippen LogP contribution in [0.2, 0.25) is 0 Å². The van der Waals surface area contributed by atoms with E-state index in [0.29, 0.717) is 19.3 Å². The Kier molecular flexibility index (Phi) is 24.1. The molecule has 0 amide bonds. The molecule has 10 heteroatoms. The summed E-state index contributed by atoms with van der Waals surface area (Å²) >= 11 is 0. The summed E-state index contributed by atoms with van der Waals surface area (Å²) in [5.74, 6) is 0. The van der Waals surface area contributed by atoms with Crippen LogP contribution in [0.25, 0.3) is 0 Å². The Hall–Kier alpha value is -0.200. The first-order chi connectivity index (χ1) is 18.8. The molecule has 0 atom stereocenters. The number of unbranched alkanes of at least 4 members (excludes halogenated alkanes) is 18. The molecule has 0 aromatic carbocycles. The SMILES string of the molecule is FC(F)(F)CCCCCCCCCP(CCCCCCCCCC(F)(F)F)CCCCCCCCCC(F)(F)F. The fourth-order valence-electron chi connectivity index (χ4n) is 4.97. The molecule has 0 rings (SSSR count). The van der Waals surface area contributed by atoms with Gasteiger partial charge in [-0.2, -0.15) is 39.5 Å². The minimum absolute atomic E-state index is 0.0656. The summed E-state index contributed by atoms with van der Waals surface area (Å²) in [7, 11) is -0.0656. The third kappa shape index (κ3) is 34.0. The molecule has 0 saturated heterocycles. The van der Waals surface area contributed by atoms with Crippen molar-refractivity contribution in [3.05, 3.63) is 0 Å². The molecule has 0 spiro atoms. The molecular formula is C30H54F9P. The molecule has 40 heavy (non-hydrogen) atoms. The summed E-state index contributed by atoms with van der Waals surface area (Å²) in [5, 5.41) is 0. The fraction of sp³-hybridized carbons (Fsp3) is 1.00. The van der Waals surface area contributed by atoms with Crippen LogP contribution in [-0.4, -0.2) is 37.0 Å². The number of hydrogen-bond donors (Lipinski definition) is 0. The van der Waals surface area contributed by atoms with E-state index in [1.807, 2.05) is 0 Å². The molecule has 0 aliphatic rings. The van der Waals surface area contributed by atoms with Crippen LogP contribution in [0.15, 0.2) is 0 Å². The normalized spacial score (nSPS) is 13.1. The van der Waals surface area contributed by atoms with Crippen LogP contribution in [0, 0.1) is 0 Å². The second kappa shape index (κ2) is 24.3. The van der Waals surface area contributed by atoms with Crippen LogP contribution in [0.3, 0.4) is 0 Å². The molecule has 0 saturated carbocycles. The van der Waals surface area contributed by atoms with Gasteiger partial charge in [0, 0.05) is 19.3 Å². The standard InChI is InChI=1S/C30H54F9P/c31-28(32,33)22-16-10-4-1-7-13-19-25-40(26-20-14-8-2-5-11-17-23-29(34,35)36)27-21-15-9-3-6-12-18-24-30(37,38)39/h1-27H2. The van der Waals surface area contributed by atoms with Crippen molar-refractivity contribution in [2.24, 2.45) is 0 Å². The number of alkyl halides is 9. The highest BCUT2D eigenvalue weighted by Gasteiger charge is 2.27. The van der Waals surface area contributed by atoms with Gasteiger partial charge in [-0.1, -0.05) is 96.3 Å². The lowest BCUT2D eigenvalue weighted by molar-refractivity contribution is -0.136. The van der Waals surface area contributed by atoms with Gasteiger partial charge in [0.1, 0.15) is 0 Å². The van der Waals surface area contributed by atoms with E-state index in [1.165, 1.54) is 18.5 Å². The Morgan fingerprint density at radius 3 is 0.625 bits per heavy atom. The first-order valence-corrected chi connectivity index (χ1v) is 17.6. The molecule has 0 heterocycles. The van der Waals surface area contributed by atoms with Gasteiger partial charge in [0.25, 0.3) is 0 Å². The van der Waals surface area contributed by atoms with E-state index in [2.05, 4.69) is 0 Å². The summed E-state index contributed by atoms with van der Waals surface area (Å²) in [6.45, 7) is 0. The number of hydrogen-bond acceptors (Lipinski definition) is 0. The average Bonchev–Trinajstić information content (AvgIpc) is 2.83. The summed E-state index contributed by atoms with van der Waals surface area (Å²) in [4.78, 5) is 0. The van der Waals surface area contributed by atoms with Gasteiger partial charge in [0.05, 0.1) is 0 Å². The highest BCUT2D eigenvalue weighted by molar-refractivity contribution is 7.57. The maximum absolute atomic E-state index is 12.2. The molecule has 0 N–H and O–H groups in total. The monoisotopic (exact) mass is 616 g/mol. The smallest absolute Gasteiger partial charge is 0.171 e.